The van der Waals surface area contributed by atoms with E-state index in [0.717, 1.165) is 25.7 Å². The molecule has 26 heavy (non-hydrogen) atoms. The summed E-state index contributed by atoms with van der Waals surface area (Å²) in [6, 6.07) is -0.692. The van der Waals surface area contributed by atoms with Gasteiger partial charge in [-0.05, 0) is 45.4 Å². The van der Waals surface area contributed by atoms with Gasteiger partial charge in [-0.15, -0.1) is 23.4 Å². The molecule has 148 valence electrons. The standard InChI is InChI=1S/C17H28ClN3O4S/c1-3-25-16(23)14-10(2)20-17(24)21-15(14)26-9-13(22)19-8-11-4-6-12(18)7-5-11/h10-12,14-15H,3-9H2,1-2H3,(H,19,22)(H2,20,21,24). The number of amides is 3. The molecule has 0 aromatic heterocycles. The Morgan fingerprint density at radius 2 is 1.96 bits per heavy atom. The average Bonchev–Trinajstić information content (AvgIpc) is 2.59. The lowest BCUT2D eigenvalue weighted by atomic mass is 9.89. The van der Waals surface area contributed by atoms with Crippen molar-refractivity contribution in [2.45, 2.75) is 56.3 Å². The summed E-state index contributed by atoms with van der Waals surface area (Å²) in [5, 5.41) is 8.13. The van der Waals surface area contributed by atoms with E-state index >= 15 is 0 Å². The molecule has 1 heterocycles. The Labute approximate surface area is 163 Å². The topological polar surface area (TPSA) is 96.5 Å². The zero-order chi connectivity index (χ0) is 19.1. The van der Waals surface area contributed by atoms with Crippen LogP contribution in [0.15, 0.2) is 0 Å². The van der Waals surface area contributed by atoms with Crippen molar-refractivity contribution < 1.29 is 19.1 Å². The second kappa shape index (κ2) is 10.3. The lowest BCUT2D eigenvalue weighted by molar-refractivity contribution is -0.149. The van der Waals surface area contributed by atoms with E-state index in [0.29, 0.717) is 12.5 Å². The summed E-state index contributed by atoms with van der Waals surface area (Å²) in [4.78, 5) is 36.1. The molecule has 3 N–H and O–H groups in total. The fourth-order valence-corrected chi connectivity index (χ4v) is 4.76. The molecule has 3 amide bonds. The molecule has 1 aliphatic carbocycles. The number of hydrogen-bond acceptors (Lipinski definition) is 5. The van der Waals surface area contributed by atoms with Gasteiger partial charge in [-0.2, -0.15) is 0 Å². The maximum absolute atomic E-state index is 12.2. The van der Waals surface area contributed by atoms with Gasteiger partial charge < -0.3 is 20.7 Å². The van der Waals surface area contributed by atoms with E-state index in [4.69, 9.17) is 16.3 Å². The Balaban J connectivity index is 1.79. The number of thioether (sulfide) groups is 1. The lowest BCUT2D eigenvalue weighted by Crippen LogP contribution is -2.60. The number of hydrogen-bond donors (Lipinski definition) is 3. The van der Waals surface area contributed by atoms with Gasteiger partial charge in [-0.3, -0.25) is 9.59 Å². The maximum atomic E-state index is 12.2. The highest BCUT2D eigenvalue weighted by Gasteiger charge is 2.40. The summed E-state index contributed by atoms with van der Waals surface area (Å²) >= 11 is 7.35. The molecule has 9 heteroatoms. The summed E-state index contributed by atoms with van der Waals surface area (Å²) in [6.07, 6.45) is 4.07. The predicted octanol–water partition coefficient (Wildman–Crippen LogP) is 1.84. The van der Waals surface area contributed by atoms with Crippen molar-refractivity contribution in [1.29, 1.82) is 0 Å². The van der Waals surface area contributed by atoms with Crippen LogP contribution in [0.25, 0.3) is 0 Å². The monoisotopic (exact) mass is 405 g/mol. The highest BCUT2D eigenvalue weighted by Crippen LogP contribution is 2.27. The number of ether oxygens (including phenoxy) is 1. The molecule has 3 unspecified atom stereocenters. The predicted molar refractivity (Wildman–Crippen MR) is 102 cm³/mol. The van der Waals surface area contributed by atoms with Crippen LogP contribution in [0, 0.1) is 11.8 Å². The van der Waals surface area contributed by atoms with Gasteiger partial charge in [0, 0.05) is 18.0 Å². The number of carbonyl (C=O) groups excluding carboxylic acids is 3. The number of halogens is 1. The first-order chi connectivity index (χ1) is 12.4. The third kappa shape index (κ3) is 6.23. The molecule has 0 spiro atoms. The minimum atomic E-state index is -0.538. The highest BCUT2D eigenvalue weighted by atomic mass is 35.5. The second-order valence-electron chi connectivity index (χ2n) is 6.84. The van der Waals surface area contributed by atoms with Crippen LogP contribution in [0.2, 0.25) is 0 Å². The van der Waals surface area contributed by atoms with Crippen molar-refractivity contribution in [2.24, 2.45) is 11.8 Å². The number of esters is 1. The van der Waals surface area contributed by atoms with Gasteiger partial charge >= 0.3 is 12.0 Å². The normalized spacial score (nSPS) is 31.5. The van der Waals surface area contributed by atoms with Crippen molar-refractivity contribution in [2.75, 3.05) is 18.9 Å². The first-order valence-electron chi connectivity index (χ1n) is 9.16. The quantitative estimate of drug-likeness (QED) is 0.443. The van der Waals surface area contributed by atoms with E-state index in [-0.39, 0.29) is 41.7 Å². The van der Waals surface area contributed by atoms with Crippen molar-refractivity contribution in [3.8, 4) is 0 Å². The molecule has 7 nitrogen and oxygen atoms in total. The Bertz CT molecular complexity index is 514. The molecule has 0 aromatic rings. The Kier molecular flexibility index (Phi) is 8.34. The minimum absolute atomic E-state index is 0.0916. The van der Waals surface area contributed by atoms with E-state index in [1.54, 1.807) is 13.8 Å². The van der Waals surface area contributed by atoms with Crippen molar-refractivity contribution in [3.05, 3.63) is 0 Å². The molecule has 0 aromatic carbocycles. The molecule has 1 aliphatic heterocycles. The fraction of sp³-hybridized carbons (Fsp3) is 0.824. The highest BCUT2D eigenvalue weighted by molar-refractivity contribution is 8.00. The molecule has 2 rings (SSSR count). The van der Waals surface area contributed by atoms with Crippen LogP contribution in [-0.4, -0.2) is 53.6 Å². The fourth-order valence-electron chi connectivity index (χ4n) is 3.33. The molecule has 1 saturated heterocycles. The number of nitrogens with one attached hydrogen (secondary N) is 3. The summed E-state index contributed by atoms with van der Waals surface area (Å²) in [7, 11) is 0. The van der Waals surface area contributed by atoms with Gasteiger partial charge in [0.2, 0.25) is 5.91 Å². The second-order valence-corrected chi connectivity index (χ2v) is 8.59. The van der Waals surface area contributed by atoms with Crippen LogP contribution in [-0.2, 0) is 14.3 Å². The van der Waals surface area contributed by atoms with Crippen LogP contribution in [0.3, 0.4) is 0 Å². The first kappa shape index (κ1) is 21.2. The molecule has 3 atom stereocenters. The van der Waals surface area contributed by atoms with Crippen LogP contribution in [0.1, 0.15) is 39.5 Å². The number of alkyl halides is 1. The summed E-state index contributed by atoms with van der Waals surface area (Å²) in [6.45, 7) is 4.43. The largest absolute Gasteiger partial charge is 0.466 e. The van der Waals surface area contributed by atoms with E-state index < -0.39 is 11.3 Å². The summed E-state index contributed by atoms with van der Waals surface area (Å²) in [5.74, 6) is -0.345. The molecule has 0 radical (unpaired) electrons. The average molecular weight is 406 g/mol. The maximum Gasteiger partial charge on any atom is 0.315 e. The van der Waals surface area contributed by atoms with E-state index in [1.807, 2.05) is 0 Å². The molecule has 0 bridgehead atoms. The summed E-state index contributed by atoms with van der Waals surface area (Å²) < 4.78 is 5.10. The Morgan fingerprint density at radius 3 is 2.62 bits per heavy atom. The van der Waals surface area contributed by atoms with Gasteiger partial charge in [0.1, 0.15) is 5.92 Å². The zero-order valence-electron chi connectivity index (χ0n) is 15.3. The van der Waals surface area contributed by atoms with Crippen LogP contribution < -0.4 is 16.0 Å². The Hall–Kier alpha value is -1.15. The van der Waals surface area contributed by atoms with Crippen LogP contribution in [0.4, 0.5) is 4.79 Å². The smallest absolute Gasteiger partial charge is 0.315 e. The van der Waals surface area contributed by atoms with E-state index in [2.05, 4.69) is 16.0 Å². The molecule has 1 saturated carbocycles. The molecular weight excluding hydrogens is 378 g/mol. The van der Waals surface area contributed by atoms with Gasteiger partial charge in [-0.25, -0.2) is 4.79 Å². The van der Waals surface area contributed by atoms with Gasteiger partial charge in [0.25, 0.3) is 0 Å². The van der Waals surface area contributed by atoms with Crippen molar-refractivity contribution in [3.63, 3.8) is 0 Å². The molecular formula is C17H28ClN3O4S. The van der Waals surface area contributed by atoms with Crippen molar-refractivity contribution in [1.82, 2.24) is 16.0 Å². The van der Waals surface area contributed by atoms with Gasteiger partial charge in [-0.1, -0.05) is 0 Å². The summed E-state index contributed by atoms with van der Waals surface area (Å²) in [5.41, 5.74) is 0. The first-order valence-corrected chi connectivity index (χ1v) is 10.6. The van der Waals surface area contributed by atoms with Gasteiger partial charge in [0.05, 0.1) is 17.7 Å². The molecule has 2 aliphatic rings. The van der Waals surface area contributed by atoms with Crippen LogP contribution in [0.5, 0.6) is 0 Å². The Morgan fingerprint density at radius 1 is 1.27 bits per heavy atom. The van der Waals surface area contributed by atoms with Gasteiger partial charge in [0.15, 0.2) is 0 Å². The van der Waals surface area contributed by atoms with Crippen LogP contribution >= 0.6 is 23.4 Å². The number of rotatable bonds is 7. The molecule has 2 fully saturated rings. The number of urea groups is 1. The lowest BCUT2D eigenvalue weighted by Gasteiger charge is -2.35. The minimum Gasteiger partial charge on any atom is -0.466 e. The SMILES string of the molecule is CCOC(=O)C1C(C)NC(=O)NC1SCC(=O)NCC1CCC(Cl)CC1. The van der Waals surface area contributed by atoms with E-state index in [9.17, 15) is 14.4 Å². The zero-order valence-corrected chi connectivity index (χ0v) is 16.8. The third-order valence-electron chi connectivity index (χ3n) is 4.81. The van der Waals surface area contributed by atoms with Crippen molar-refractivity contribution >= 4 is 41.3 Å². The third-order valence-corrected chi connectivity index (χ3v) is 6.45. The number of carbonyl (C=O) groups is 3. The van der Waals surface area contributed by atoms with E-state index in [1.165, 1.54) is 11.8 Å².